The highest BCUT2D eigenvalue weighted by Gasteiger charge is 2.20. The van der Waals surface area contributed by atoms with Gasteiger partial charge in [-0.1, -0.05) is 30.5 Å². The largest absolute Gasteiger partial charge is 0.385 e. The van der Waals surface area contributed by atoms with Gasteiger partial charge in [0.1, 0.15) is 0 Å². The summed E-state index contributed by atoms with van der Waals surface area (Å²) >= 11 is 5.93. The minimum atomic E-state index is 0.810. The van der Waals surface area contributed by atoms with Crippen LogP contribution in [0, 0.1) is 12.8 Å². The Kier molecular flexibility index (Phi) is 2.97. The Bertz CT molecular complexity index is 318. The van der Waals surface area contributed by atoms with Gasteiger partial charge >= 0.3 is 0 Å². The second kappa shape index (κ2) is 4.22. The van der Waals surface area contributed by atoms with Crippen LogP contribution in [0.25, 0.3) is 0 Å². The van der Waals surface area contributed by atoms with E-state index in [1.807, 2.05) is 12.1 Å². The van der Waals surface area contributed by atoms with Crippen LogP contribution in [0.1, 0.15) is 24.8 Å². The Hall–Kier alpha value is -0.690. The number of rotatable bonds is 4. The van der Waals surface area contributed by atoms with Crippen LogP contribution < -0.4 is 5.32 Å². The highest BCUT2D eigenvalue weighted by Crippen LogP contribution is 2.32. The predicted octanol–water partition coefficient (Wildman–Crippen LogP) is 3.86. The van der Waals surface area contributed by atoms with E-state index in [-0.39, 0.29) is 0 Å². The van der Waals surface area contributed by atoms with Crippen molar-refractivity contribution in [2.45, 2.75) is 26.2 Å². The zero-order valence-corrected chi connectivity index (χ0v) is 9.27. The average Bonchev–Trinajstić information content (AvgIpc) is 2.95. The van der Waals surface area contributed by atoms with Crippen LogP contribution in [0.15, 0.2) is 18.2 Å². The smallest absolute Gasteiger partial charge is 0.0426 e. The van der Waals surface area contributed by atoms with Gasteiger partial charge in [-0.05, 0) is 37.0 Å². The third kappa shape index (κ3) is 2.65. The molecule has 0 bridgehead atoms. The van der Waals surface area contributed by atoms with E-state index in [4.69, 9.17) is 11.6 Å². The number of hydrogen-bond donors (Lipinski definition) is 1. The summed E-state index contributed by atoms with van der Waals surface area (Å²) in [5.41, 5.74) is 2.45. The highest BCUT2D eigenvalue weighted by molar-refractivity contribution is 6.30. The molecular weight excluding hydrogens is 194 g/mol. The molecule has 0 unspecified atom stereocenters. The summed E-state index contributed by atoms with van der Waals surface area (Å²) in [5, 5.41) is 4.25. The van der Waals surface area contributed by atoms with Crippen LogP contribution in [-0.2, 0) is 0 Å². The van der Waals surface area contributed by atoms with Crippen molar-refractivity contribution in [1.29, 1.82) is 0 Å². The van der Waals surface area contributed by atoms with Crippen molar-refractivity contribution in [3.05, 3.63) is 28.8 Å². The minimum Gasteiger partial charge on any atom is -0.385 e. The summed E-state index contributed by atoms with van der Waals surface area (Å²) in [6, 6.07) is 5.99. The lowest BCUT2D eigenvalue weighted by Gasteiger charge is -2.09. The lowest BCUT2D eigenvalue weighted by Crippen LogP contribution is -2.03. The molecule has 1 aromatic carbocycles. The molecule has 0 atom stereocenters. The molecule has 0 heterocycles. The van der Waals surface area contributed by atoms with Crippen LogP contribution in [-0.4, -0.2) is 6.54 Å². The lowest BCUT2D eigenvalue weighted by atomic mass is 10.2. The fraction of sp³-hybridized carbons (Fsp3) is 0.500. The molecule has 1 fully saturated rings. The second-order valence-corrected chi connectivity index (χ2v) is 4.55. The first-order chi connectivity index (χ1) is 6.75. The fourth-order valence-electron chi connectivity index (χ4n) is 1.60. The van der Waals surface area contributed by atoms with Gasteiger partial charge in [-0.2, -0.15) is 0 Å². The summed E-state index contributed by atoms with van der Waals surface area (Å²) in [4.78, 5) is 0. The number of nitrogens with one attached hydrogen (secondary N) is 1. The summed E-state index contributed by atoms with van der Waals surface area (Å²) in [6.45, 7) is 3.18. The van der Waals surface area contributed by atoms with E-state index in [2.05, 4.69) is 18.3 Å². The molecule has 0 saturated heterocycles. The van der Waals surface area contributed by atoms with Crippen LogP contribution in [0.5, 0.6) is 0 Å². The van der Waals surface area contributed by atoms with Crippen LogP contribution in [0.3, 0.4) is 0 Å². The fourth-order valence-corrected chi connectivity index (χ4v) is 1.77. The van der Waals surface area contributed by atoms with E-state index in [9.17, 15) is 0 Å². The topological polar surface area (TPSA) is 12.0 Å². The zero-order valence-electron chi connectivity index (χ0n) is 8.52. The number of anilines is 1. The molecule has 1 aliphatic rings. The third-order valence-corrected chi connectivity index (χ3v) is 3.00. The Morgan fingerprint density at radius 1 is 1.43 bits per heavy atom. The highest BCUT2D eigenvalue weighted by atomic mass is 35.5. The Labute approximate surface area is 90.5 Å². The van der Waals surface area contributed by atoms with Gasteiger partial charge < -0.3 is 5.32 Å². The summed E-state index contributed by atoms with van der Waals surface area (Å²) in [7, 11) is 0. The van der Waals surface area contributed by atoms with Crippen molar-refractivity contribution in [2.24, 2.45) is 5.92 Å². The minimum absolute atomic E-state index is 0.810. The first-order valence-corrected chi connectivity index (χ1v) is 5.63. The van der Waals surface area contributed by atoms with Gasteiger partial charge in [0.2, 0.25) is 0 Å². The van der Waals surface area contributed by atoms with E-state index >= 15 is 0 Å². The summed E-state index contributed by atoms with van der Waals surface area (Å²) in [6.07, 6.45) is 4.15. The maximum Gasteiger partial charge on any atom is 0.0426 e. The molecule has 1 nitrogen and oxygen atoms in total. The van der Waals surface area contributed by atoms with Crippen LogP contribution >= 0.6 is 11.6 Å². The van der Waals surface area contributed by atoms with Crippen molar-refractivity contribution in [1.82, 2.24) is 0 Å². The number of benzene rings is 1. The summed E-state index contributed by atoms with van der Waals surface area (Å²) < 4.78 is 0. The van der Waals surface area contributed by atoms with Gasteiger partial charge in [-0.25, -0.2) is 0 Å². The van der Waals surface area contributed by atoms with Gasteiger partial charge in [0.25, 0.3) is 0 Å². The summed E-state index contributed by atoms with van der Waals surface area (Å²) in [5.74, 6) is 0.988. The molecule has 14 heavy (non-hydrogen) atoms. The Morgan fingerprint density at radius 3 is 2.93 bits per heavy atom. The van der Waals surface area contributed by atoms with Crippen molar-refractivity contribution in [3.63, 3.8) is 0 Å². The maximum absolute atomic E-state index is 5.93. The van der Waals surface area contributed by atoms with E-state index in [1.54, 1.807) is 0 Å². The monoisotopic (exact) mass is 209 g/mol. The van der Waals surface area contributed by atoms with Gasteiger partial charge in [-0.15, -0.1) is 0 Å². The molecule has 0 aliphatic heterocycles. The maximum atomic E-state index is 5.93. The van der Waals surface area contributed by atoms with Crippen LogP contribution in [0.4, 0.5) is 5.69 Å². The van der Waals surface area contributed by atoms with Crippen LogP contribution in [0.2, 0.25) is 5.02 Å². The quantitative estimate of drug-likeness (QED) is 0.794. The zero-order chi connectivity index (χ0) is 9.97. The number of hydrogen-bond acceptors (Lipinski definition) is 1. The molecule has 2 heteroatoms. The van der Waals surface area contributed by atoms with E-state index in [0.717, 1.165) is 17.5 Å². The molecule has 1 aliphatic carbocycles. The average molecular weight is 210 g/mol. The van der Waals surface area contributed by atoms with Crippen molar-refractivity contribution in [3.8, 4) is 0 Å². The third-order valence-electron chi connectivity index (χ3n) is 2.76. The number of halogens is 1. The first-order valence-electron chi connectivity index (χ1n) is 5.26. The Morgan fingerprint density at radius 2 is 2.21 bits per heavy atom. The molecule has 1 aromatic rings. The van der Waals surface area contributed by atoms with Gasteiger partial charge in [-0.3, -0.25) is 0 Å². The molecule has 0 spiro atoms. The van der Waals surface area contributed by atoms with Crippen molar-refractivity contribution in [2.75, 3.05) is 11.9 Å². The normalized spacial score (nSPS) is 15.6. The number of aryl methyl sites for hydroxylation is 1. The molecular formula is C12H16ClN. The molecule has 0 amide bonds. The standard InChI is InChI=1S/C12H16ClN/c1-9-2-5-11(13)8-12(9)14-7-6-10-3-4-10/h2,5,8,10,14H,3-4,6-7H2,1H3. The lowest BCUT2D eigenvalue weighted by molar-refractivity contribution is 0.760. The van der Waals surface area contributed by atoms with Gasteiger partial charge in [0.15, 0.2) is 0 Å². The molecule has 76 valence electrons. The molecule has 0 radical (unpaired) electrons. The first kappa shape index (κ1) is 9.85. The van der Waals surface area contributed by atoms with E-state index in [0.29, 0.717) is 0 Å². The Balaban J connectivity index is 1.89. The van der Waals surface area contributed by atoms with E-state index < -0.39 is 0 Å². The molecule has 0 aromatic heterocycles. The predicted molar refractivity (Wildman–Crippen MR) is 62.0 cm³/mol. The SMILES string of the molecule is Cc1ccc(Cl)cc1NCCC1CC1. The molecule has 1 saturated carbocycles. The van der Waals surface area contributed by atoms with E-state index in [1.165, 1.54) is 30.5 Å². The van der Waals surface area contributed by atoms with Crippen molar-refractivity contribution >= 4 is 17.3 Å². The van der Waals surface area contributed by atoms with Crippen molar-refractivity contribution < 1.29 is 0 Å². The molecule has 1 N–H and O–H groups in total. The van der Waals surface area contributed by atoms with Gasteiger partial charge in [0, 0.05) is 17.3 Å². The van der Waals surface area contributed by atoms with Gasteiger partial charge in [0.05, 0.1) is 0 Å². The molecule has 2 rings (SSSR count). The second-order valence-electron chi connectivity index (χ2n) is 4.12.